The third kappa shape index (κ3) is 3.50. The number of nitrogens with one attached hydrogen (secondary N) is 2. The van der Waals surface area contributed by atoms with Crippen molar-refractivity contribution in [2.24, 2.45) is 0 Å². The quantitative estimate of drug-likeness (QED) is 0.698. The Bertz CT molecular complexity index is 554. The highest BCUT2D eigenvalue weighted by molar-refractivity contribution is 5.78. The Hall–Kier alpha value is -2.50. The summed E-state index contributed by atoms with van der Waals surface area (Å²) in [7, 11) is 0. The van der Waals surface area contributed by atoms with E-state index in [2.05, 4.69) is 15.3 Å². The number of ether oxygens (including phenoxy) is 1. The first kappa shape index (κ1) is 13.9. The lowest BCUT2D eigenvalue weighted by Crippen LogP contribution is -2.33. The number of H-pyrrole nitrogens is 1. The van der Waals surface area contributed by atoms with Gasteiger partial charge in [0.2, 0.25) is 0 Å². The average molecular weight is 274 g/mol. The second-order valence-electron chi connectivity index (χ2n) is 4.33. The van der Waals surface area contributed by atoms with Gasteiger partial charge in [-0.15, -0.1) is 0 Å². The Morgan fingerprint density at radius 2 is 2.30 bits per heavy atom. The summed E-state index contributed by atoms with van der Waals surface area (Å²) in [6.45, 7) is 1.90. The van der Waals surface area contributed by atoms with Crippen LogP contribution in [0.4, 0.5) is 5.69 Å². The third-order valence-electron chi connectivity index (χ3n) is 2.87. The summed E-state index contributed by atoms with van der Waals surface area (Å²) < 4.78 is 5.39. The largest absolute Gasteiger partial charge is 0.482 e. The fourth-order valence-electron chi connectivity index (χ4n) is 1.82. The van der Waals surface area contributed by atoms with E-state index in [-0.39, 0.29) is 18.6 Å². The first-order chi connectivity index (χ1) is 9.70. The van der Waals surface area contributed by atoms with E-state index in [1.807, 2.05) is 13.0 Å². The molecule has 4 N–H and O–H groups in total. The Morgan fingerprint density at radius 3 is 2.95 bits per heavy atom. The molecule has 2 aromatic rings. The van der Waals surface area contributed by atoms with Crippen LogP contribution in [0.15, 0.2) is 36.7 Å². The fourth-order valence-corrected chi connectivity index (χ4v) is 1.82. The van der Waals surface area contributed by atoms with Crippen LogP contribution in [-0.4, -0.2) is 22.5 Å². The molecule has 0 spiro atoms. The zero-order valence-corrected chi connectivity index (χ0v) is 11.3. The molecule has 0 saturated heterocycles. The van der Waals surface area contributed by atoms with Gasteiger partial charge in [0.1, 0.15) is 11.6 Å². The number of para-hydroxylation sites is 2. The van der Waals surface area contributed by atoms with Crippen LogP contribution >= 0.6 is 0 Å². The van der Waals surface area contributed by atoms with E-state index in [9.17, 15) is 4.79 Å². The number of aromatic nitrogens is 2. The molecule has 0 aliphatic heterocycles. The number of nitrogen functional groups attached to an aromatic ring is 1. The lowest BCUT2D eigenvalue weighted by atomic mass is 10.2. The summed E-state index contributed by atoms with van der Waals surface area (Å²) >= 11 is 0. The molecule has 1 heterocycles. The lowest BCUT2D eigenvalue weighted by molar-refractivity contribution is -0.123. The normalized spacial score (nSPS) is 11.8. The van der Waals surface area contributed by atoms with Gasteiger partial charge in [-0.2, -0.15) is 0 Å². The van der Waals surface area contributed by atoms with Crippen molar-refractivity contribution in [1.82, 2.24) is 15.3 Å². The molecule has 1 aromatic heterocycles. The van der Waals surface area contributed by atoms with Crippen LogP contribution < -0.4 is 15.8 Å². The van der Waals surface area contributed by atoms with Crippen LogP contribution in [-0.2, 0) is 4.79 Å². The maximum absolute atomic E-state index is 11.9. The third-order valence-corrected chi connectivity index (χ3v) is 2.87. The standard InChI is InChI=1S/C14H18N4O2/c1-2-11(14-16-7-8-17-14)18-13(19)9-20-12-6-4-3-5-10(12)15/h3-8,11H,2,9,15H2,1H3,(H,16,17)(H,18,19). The van der Waals surface area contributed by atoms with E-state index in [0.717, 1.165) is 12.2 Å². The predicted molar refractivity (Wildman–Crippen MR) is 76.1 cm³/mol. The number of hydrogen-bond acceptors (Lipinski definition) is 4. The van der Waals surface area contributed by atoms with Gasteiger partial charge in [0.25, 0.3) is 5.91 Å². The number of imidazole rings is 1. The number of benzene rings is 1. The number of carbonyl (C=O) groups is 1. The van der Waals surface area contributed by atoms with Crippen molar-refractivity contribution in [3.05, 3.63) is 42.5 Å². The summed E-state index contributed by atoms with van der Waals surface area (Å²) in [5.74, 6) is 1.03. The highest BCUT2D eigenvalue weighted by atomic mass is 16.5. The molecule has 6 heteroatoms. The second-order valence-corrected chi connectivity index (χ2v) is 4.33. The summed E-state index contributed by atoms with van der Waals surface area (Å²) in [5, 5.41) is 2.86. The van der Waals surface area contributed by atoms with E-state index in [1.165, 1.54) is 0 Å². The Balaban J connectivity index is 1.88. The van der Waals surface area contributed by atoms with Crippen molar-refractivity contribution in [3.8, 4) is 5.75 Å². The highest BCUT2D eigenvalue weighted by Crippen LogP contribution is 2.19. The van der Waals surface area contributed by atoms with Gasteiger partial charge >= 0.3 is 0 Å². The van der Waals surface area contributed by atoms with Crippen LogP contribution in [0.1, 0.15) is 25.2 Å². The van der Waals surface area contributed by atoms with Crippen LogP contribution in [0.5, 0.6) is 5.75 Å². The van der Waals surface area contributed by atoms with Gasteiger partial charge in [0.15, 0.2) is 6.61 Å². The summed E-state index contributed by atoms with van der Waals surface area (Å²) in [6.07, 6.45) is 4.13. The molecule has 1 amide bonds. The Morgan fingerprint density at radius 1 is 1.50 bits per heavy atom. The Kier molecular flexibility index (Phi) is 4.60. The summed E-state index contributed by atoms with van der Waals surface area (Å²) in [6, 6.07) is 6.93. The molecular weight excluding hydrogens is 256 g/mol. The van der Waals surface area contributed by atoms with Crippen molar-refractivity contribution in [3.63, 3.8) is 0 Å². The molecule has 1 unspecified atom stereocenters. The lowest BCUT2D eigenvalue weighted by Gasteiger charge is -2.15. The second kappa shape index (κ2) is 6.60. The van der Waals surface area contributed by atoms with Crippen molar-refractivity contribution >= 4 is 11.6 Å². The van der Waals surface area contributed by atoms with E-state index in [4.69, 9.17) is 10.5 Å². The van der Waals surface area contributed by atoms with Crippen LogP contribution in [0.25, 0.3) is 0 Å². The monoisotopic (exact) mass is 274 g/mol. The first-order valence-electron chi connectivity index (χ1n) is 6.46. The number of rotatable bonds is 6. The van der Waals surface area contributed by atoms with Gasteiger partial charge in [-0.3, -0.25) is 4.79 Å². The number of hydrogen-bond donors (Lipinski definition) is 3. The van der Waals surface area contributed by atoms with Gasteiger partial charge in [-0.05, 0) is 18.6 Å². The minimum absolute atomic E-state index is 0.0780. The van der Waals surface area contributed by atoms with Crippen molar-refractivity contribution in [2.45, 2.75) is 19.4 Å². The minimum atomic E-state index is -0.212. The zero-order valence-electron chi connectivity index (χ0n) is 11.3. The smallest absolute Gasteiger partial charge is 0.258 e. The number of anilines is 1. The molecule has 0 bridgehead atoms. The van der Waals surface area contributed by atoms with E-state index in [0.29, 0.717) is 11.4 Å². The van der Waals surface area contributed by atoms with Gasteiger partial charge in [0.05, 0.1) is 11.7 Å². The molecule has 0 aliphatic rings. The molecule has 20 heavy (non-hydrogen) atoms. The van der Waals surface area contributed by atoms with Gasteiger partial charge in [-0.25, -0.2) is 4.98 Å². The zero-order chi connectivity index (χ0) is 14.4. The SMILES string of the molecule is CCC(NC(=O)COc1ccccc1N)c1ncc[nH]1. The summed E-state index contributed by atoms with van der Waals surface area (Å²) in [4.78, 5) is 19.0. The minimum Gasteiger partial charge on any atom is -0.482 e. The predicted octanol–water partition coefficient (Wildman–Crippen LogP) is 1.64. The van der Waals surface area contributed by atoms with Gasteiger partial charge < -0.3 is 20.8 Å². The van der Waals surface area contributed by atoms with Crippen molar-refractivity contribution in [2.75, 3.05) is 12.3 Å². The van der Waals surface area contributed by atoms with E-state index >= 15 is 0 Å². The molecule has 0 fully saturated rings. The topological polar surface area (TPSA) is 93.0 Å². The number of nitrogens with two attached hydrogens (primary N) is 1. The van der Waals surface area contributed by atoms with Gasteiger partial charge in [-0.1, -0.05) is 19.1 Å². The van der Waals surface area contributed by atoms with Crippen molar-refractivity contribution < 1.29 is 9.53 Å². The van der Waals surface area contributed by atoms with E-state index in [1.54, 1.807) is 30.6 Å². The number of carbonyl (C=O) groups excluding carboxylic acids is 1. The van der Waals surface area contributed by atoms with Crippen LogP contribution in [0, 0.1) is 0 Å². The molecular formula is C14H18N4O2. The molecule has 106 valence electrons. The number of nitrogens with zero attached hydrogens (tertiary/aromatic N) is 1. The molecule has 1 atom stereocenters. The van der Waals surface area contributed by atoms with Crippen molar-refractivity contribution in [1.29, 1.82) is 0 Å². The molecule has 6 nitrogen and oxygen atoms in total. The highest BCUT2D eigenvalue weighted by Gasteiger charge is 2.15. The number of aromatic amines is 1. The molecule has 1 aromatic carbocycles. The van der Waals surface area contributed by atoms with Crippen LogP contribution in [0.2, 0.25) is 0 Å². The first-order valence-corrected chi connectivity index (χ1v) is 6.46. The maximum Gasteiger partial charge on any atom is 0.258 e. The fraction of sp³-hybridized carbons (Fsp3) is 0.286. The van der Waals surface area contributed by atoms with Gasteiger partial charge in [0, 0.05) is 12.4 Å². The molecule has 0 aliphatic carbocycles. The molecule has 0 radical (unpaired) electrons. The number of amides is 1. The summed E-state index contributed by atoms with van der Waals surface area (Å²) in [5.41, 5.74) is 6.25. The molecule has 0 saturated carbocycles. The van der Waals surface area contributed by atoms with E-state index < -0.39 is 0 Å². The van der Waals surface area contributed by atoms with Crippen LogP contribution in [0.3, 0.4) is 0 Å². The maximum atomic E-state index is 11.9. The molecule has 2 rings (SSSR count). The average Bonchev–Trinajstić information content (AvgIpc) is 2.98. The Labute approximate surface area is 117 Å².